The maximum Gasteiger partial charge on any atom is 0.338 e. The summed E-state index contributed by atoms with van der Waals surface area (Å²) >= 11 is 0. The first-order chi connectivity index (χ1) is 19.5. The number of hydrogen-bond donors (Lipinski definition) is 1. The standard InChI is InChI=1S/C34H36O7/c1-22-12-11-17-26-32(2,19-18-23-20-27(35)39-21-23)34(4,38)29(41-31(37)25-15-9-6-10-16-25)28(33(22,26)3)40-30(36)24-13-7-5-8-14-24/h5-10,13-16,18-20,26,28-29,38H,1,11-12,17,21H2,2-4H3. The van der Waals surface area contributed by atoms with Crippen molar-refractivity contribution in [2.75, 3.05) is 6.61 Å². The Hall–Kier alpha value is -3.97. The molecule has 6 atom stereocenters. The van der Waals surface area contributed by atoms with Crippen LogP contribution in [0.4, 0.5) is 0 Å². The average molecular weight is 557 g/mol. The number of benzene rings is 2. The molecule has 0 bridgehead atoms. The minimum Gasteiger partial charge on any atom is -0.458 e. The van der Waals surface area contributed by atoms with Gasteiger partial charge < -0.3 is 19.3 Å². The largest absolute Gasteiger partial charge is 0.458 e. The fourth-order valence-electron chi connectivity index (χ4n) is 6.85. The van der Waals surface area contributed by atoms with Gasteiger partial charge in [-0.1, -0.05) is 74.5 Å². The number of rotatable bonds is 6. The number of cyclic esters (lactones) is 1. The molecule has 1 heterocycles. The summed E-state index contributed by atoms with van der Waals surface area (Å²) in [6.07, 6.45) is 5.12. The average Bonchev–Trinajstić information content (AvgIpc) is 3.39. The number of ether oxygens (including phenoxy) is 3. The van der Waals surface area contributed by atoms with Crippen molar-refractivity contribution in [2.24, 2.45) is 16.7 Å². The number of carbonyl (C=O) groups excluding carboxylic acids is 3. The van der Waals surface area contributed by atoms with Gasteiger partial charge in [0.2, 0.25) is 0 Å². The van der Waals surface area contributed by atoms with Crippen molar-refractivity contribution in [1.29, 1.82) is 0 Å². The second-order valence-electron chi connectivity index (χ2n) is 11.8. The van der Waals surface area contributed by atoms with Crippen LogP contribution in [0.2, 0.25) is 0 Å². The molecule has 3 aliphatic rings. The van der Waals surface area contributed by atoms with Crippen molar-refractivity contribution in [1.82, 2.24) is 0 Å². The summed E-state index contributed by atoms with van der Waals surface area (Å²) in [4.78, 5) is 38.7. The number of esters is 3. The Morgan fingerprint density at radius 1 is 0.951 bits per heavy atom. The molecule has 0 amide bonds. The van der Waals surface area contributed by atoms with Gasteiger partial charge in [0.25, 0.3) is 0 Å². The van der Waals surface area contributed by atoms with Crippen LogP contribution in [0.1, 0.15) is 60.7 Å². The summed E-state index contributed by atoms with van der Waals surface area (Å²) in [5.41, 5.74) is -1.30. The fourth-order valence-corrected chi connectivity index (χ4v) is 6.85. The Labute approximate surface area is 240 Å². The van der Waals surface area contributed by atoms with E-state index in [0.29, 0.717) is 23.1 Å². The third kappa shape index (κ3) is 4.93. The Balaban J connectivity index is 1.64. The maximum atomic E-state index is 13.5. The van der Waals surface area contributed by atoms with Crippen LogP contribution in [0.25, 0.3) is 0 Å². The first-order valence-corrected chi connectivity index (χ1v) is 14.0. The zero-order valence-corrected chi connectivity index (χ0v) is 23.7. The highest BCUT2D eigenvalue weighted by atomic mass is 16.6. The highest BCUT2D eigenvalue weighted by molar-refractivity contribution is 5.90. The molecule has 2 aliphatic carbocycles. The summed E-state index contributed by atoms with van der Waals surface area (Å²) in [5.74, 6) is -1.86. The number of hydrogen-bond acceptors (Lipinski definition) is 7. The van der Waals surface area contributed by atoms with E-state index < -0.39 is 46.5 Å². The van der Waals surface area contributed by atoms with Crippen LogP contribution in [0, 0.1) is 16.7 Å². The van der Waals surface area contributed by atoms with Gasteiger partial charge in [0, 0.05) is 16.9 Å². The molecule has 41 heavy (non-hydrogen) atoms. The molecule has 1 aliphatic heterocycles. The van der Waals surface area contributed by atoms with E-state index in [1.165, 1.54) is 6.08 Å². The lowest BCUT2D eigenvalue weighted by molar-refractivity contribution is -0.253. The van der Waals surface area contributed by atoms with Crippen LogP contribution in [0.5, 0.6) is 0 Å². The van der Waals surface area contributed by atoms with Crippen molar-refractivity contribution in [2.45, 2.75) is 57.8 Å². The van der Waals surface area contributed by atoms with Crippen molar-refractivity contribution in [3.8, 4) is 0 Å². The molecule has 0 saturated heterocycles. The molecular weight excluding hydrogens is 520 g/mol. The molecule has 2 saturated carbocycles. The van der Waals surface area contributed by atoms with E-state index in [2.05, 4.69) is 6.58 Å². The predicted octanol–water partition coefficient (Wildman–Crippen LogP) is 5.61. The van der Waals surface area contributed by atoms with Crippen molar-refractivity contribution in [3.05, 3.63) is 108 Å². The minimum absolute atomic E-state index is 0.145. The summed E-state index contributed by atoms with van der Waals surface area (Å²) in [7, 11) is 0. The SMILES string of the molecule is C=C1CCCC2C1(C)C(OC(=O)c1ccccc1)C(OC(=O)c1ccccc1)C(C)(O)C2(C)C=CC1=CC(=O)OC1. The van der Waals surface area contributed by atoms with Crippen molar-refractivity contribution < 1.29 is 33.7 Å². The van der Waals surface area contributed by atoms with Gasteiger partial charge in [0.1, 0.15) is 12.2 Å². The molecule has 1 N–H and O–H groups in total. The van der Waals surface area contributed by atoms with Gasteiger partial charge in [-0.2, -0.15) is 0 Å². The summed E-state index contributed by atoms with van der Waals surface area (Å²) < 4.78 is 17.5. The minimum atomic E-state index is -1.69. The second-order valence-corrected chi connectivity index (χ2v) is 11.8. The van der Waals surface area contributed by atoms with E-state index in [4.69, 9.17) is 14.2 Å². The molecule has 2 fully saturated rings. The van der Waals surface area contributed by atoms with Gasteiger partial charge >= 0.3 is 17.9 Å². The molecular formula is C34H36O7. The van der Waals surface area contributed by atoms with E-state index in [-0.39, 0.29) is 12.5 Å². The van der Waals surface area contributed by atoms with Gasteiger partial charge in [-0.3, -0.25) is 0 Å². The molecule has 0 aromatic heterocycles. The van der Waals surface area contributed by atoms with Crippen LogP contribution in [-0.2, 0) is 19.0 Å². The first kappa shape index (κ1) is 28.6. The molecule has 7 heteroatoms. The highest BCUT2D eigenvalue weighted by Gasteiger charge is 2.70. The molecule has 5 rings (SSSR count). The smallest absolute Gasteiger partial charge is 0.338 e. The van der Waals surface area contributed by atoms with E-state index in [9.17, 15) is 19.5 Å². The van der Waals surface area contributed by atoms with Crippen LogP contribution in [0.15, 0.2) is 96.6 Å². The number of carbonyl (C=O) groups is 3. The van der Waals surface area contributed by atoms with Crippen LogP contribution >= 0.6 is 0 Å². The monoisotopic (exact) mass is 556 g/mol. The summed E-state index contributed by atoms with van der Waals surface area (Å²) in [5, 5.41) is 12.5. The maximum absolute atomic E-state index is 13.5. The zero-order valence-electron chi connectivity index (χ0n) is 23.7. The van der Waals surface area contributed by atoms with E-state index >= 15 is 0 Å². The van der Waals surface area contributed by atoms with Crippen LogP contribution < -0.4 is 0 Å². The molecule has 214 valence electrons. The van der Waals surface area contributed by atoms with E-state index in [1.54, 1.807) is 67.6 Å². The number of fused-ring (bicyclic) bond motifs is 1. The van der Waals surface area contributed by atoms with Gasteiger partial charge in [0.15, 0.2) is 12.2 Å². The Bertz CT molecular complexity index is 1410. The Morgan fingerprint density at radius 2 is 1.51 bits per heavy atom. The van der Waals surface area contributed by atoms with Gasteiger partial charge in [-0.25, -0.2) is 14.4 Å². The third-order valence-corrected chi connectivity index (χ3v) is 9.51. The molecule has 6 unspecified atom stereocenters. The third-order valence-electron chi connectivity index (χ3n) is 9.51. The lowest BCUT2D eigenvalue weighted by Gasteiger charge is -2.64. The molecule has 0 radical (unpaired) electrons. The molecule has 2 aromatic carbocycles. The lowest BCUT2D eigenvalue weighted by Crippen LogP contribution is -2.72. The van der Waals surface area contributed by atoms with Gasteiger partial charge in [-0.05, 0) is 61.9 Å². The van der Waals surface area contributed by atoms with Crippen LogP contribution in [-0.4, -0.2) is 47.4 Å². The van der Waals surface area contributed by atoms with Crippen molar-refractivity contribution >= 4 is 17.9 Å². The lowest BCUT2D eigenvalue weighted by atomic mass is 9.43. The van der Waals surface area contributed by atoms with Gasteiger partial charge in [0.05, 0.1) is 11.1 Å². The van der Waals surface area contributed by atoms with Crippen LogP contribution in [0.3, 0.4) is 0 Å². The molecule has 0 spiro atoms. The zero-order chi connectivity index (χ0) is 29.4. The second kappa shape index (κ2) is 10.8. The normalized spacial score (nSPS) is 33.1. The Kier molecular flexibility index (Phi) is 7.51. The Morgan fingerprint density at radius 3 is 2.05 bits per heavy atom. The predicted molar refractivity (Wildman–Crippen MR) is 153 cm³/mol. The van der Waals surface area contributed by atoms with Crippen molar-refractivity contribution in [3.63, 3.8) is 0 Å². The summed E-state index contributed by atoms with van der Waals surface area (Å²) in [6.45, 7) is 10.1. The topological polar surface area (TPSA) is 99.1 Å². The highest BCUT2D eigenvalue weighted by Crippen LogP contribution is 2.64. The first-order valence-electron chi connectivity index (χ1n) is 14.0. The van der Waals surface area contributed by atoms with Gasteiger partial charge in [-0.15, -0.1) is 0 Å². The fraction of sp³-hybridized carbons (Fsp3) is 0.382. The summed E-state index contributed by atoms with van der Waals surface area (Å²) in [6, 6.07) is 17.2. The molecule has 2 aromatic rings. The van der Waals surface area contributed by atoms with E-state index in [0.717, 1.165) is 18.4 Å². The van der Waals surface area contributed by atoms with E-state index in [1.807, 2.05) is 26.0 Å². The molecule has 7 nitrogen and oxygen atoms in total. The number of aliphatic hydroxyl groups is 1. The quantitative estimate of drug-likeness (QED) is 0.281.